The minimum absolute atomic E-state index is 0.152. The first kappa shape index (κ1) is 17.2. The van der Waals surface area contributed by atoms with Crippen molar-refractivity contribution < 1.29 is 9.66 Å². The zero-order chi connectivity index (χ0) is 17.8. The first-order valence-electron chi connectivity index (χ1n) is 8.46. The fraction of sp³-hybridized carbons (Fsp3) is 0.368. The summed E-state index contributed by atoms with van der Waals surface area (Å²) in [6.07, 6.45) is 0. The van der Waals surface area contributed by atoms with Crippen LogP contribution in [-0.4, -0.2) is 43.1 Å². The summed E-state index contributed by atoms with van der Waals surface area (Å²) in [7, 11) is 1.68. The zero-order valence-corrected chi connectivity index (χ0v) is 14.6. The molecule has 0 N–H and O–H groups in total. The van der Waals surface area contributed by atoms with E-state index in [0.29, 0.717) is 0 Å². The molecule has 0 saturated carbocycles. The third-order valence-corrected chi connectivity index (χ3v) is 4.84. The third-order valence-electron chi connectivity index (χ3n) is 4.84. The molecule has 0 amide bonds. The van der Waals surface area contributed by atoms with Crippen LogP contribution in [0.3, 0.4) is 0 Å². The number of rotatable bonds is 5. The normalized spacial score (nSPS) is 16.5. The number of benzene rings is 2. The van der Waals surface area contributed by atoms with E-state index in [0.717, 1.165) is 37.5 Å². The summed E-state index contributed by atoms with van der Waals surface area (Å²) in [4.78, 5) is 15.4. The lowest BCUT2D eigenvalue weighted by molar-refractivity contribution is -0.384. The summed E-state index contributed by atoms with van der Waals surface area (Å²) >= 11 is 0. The molecule has 132 valence electrons. The van der Waals surface area contributed by atoms with Gasteiger partial charge in [0.1, 0.15) is 5.75 Å². The summed E-state index contributed by atoms with van der Waals surface area (Å²) in [5, 5.41) is 11.0. The topological polar surface area (TPSA) is 58.8 Å². The first-order chi connectivity index (χ1) is 12.1. The fourth-order valence-corrected chi connectivity index (χ4v) is 3.28. The molecular weight excluding hydrogens is 318 g/mol. The Balaban J connectivity index is 1.65. The van der Waals surface area contributed by atoms with Crippen molar-refractivity contribution in [1.82, 2.24) is 4.90 Å². The second-order valence-corrected chi connectivity index (χ2v) is 6.25. The van der Waals surface area contributed by atoms with E-state index in [1.165, 1.54) is 11.8 Å². The lowest BCUT2D eigenvalue weighted by atomic mass is 10.1. The highest BCUT2D eigenvalue weighted by molar-refractivity contribution is 5.51. The van der Waals surface area contributed by atoms with Gasteiger partial charge in [-0.2, -0.15) is 0 Å². The molecule has 1 aliphatic rings. The van der Waals surface area contributed by atoms with Gasteiger partial charge in [0.05, 0.1) is 12.0 Å². The molecule has 0 spiro atoms. The SMILES string of the molecule is COc1cccc(N2CCN([C@@H](C)c3cccc([N+](=O)[O-])c3)CC2)c1. The number of non-ortho nitro benzene ring substituents is 1. The van der Waals surface area contributed by atoms with Gasteiger partial charge in [0.15, 0.2) is 0 Å². The summed E-state index contributed by atoms with van der Waals surface area (Å²) in [6.45, 7) is 5.79. The molecule has 0 unspecified atom stereocenters. The largest absolute Gasteiger partial charge is 0.497 e. The molecule has 2 aromatic carbocycles. The van der Waals surface area contributed by atoms with Crippen LogP contribution in [0.2, 0.25) is 0 Å². The third kappa shape index (κ3) is 3.91. The Bertz CT molecular complexity index is 742. The number of anilines is 1. The van der Waals surface area contributed by atoms with Crippen molar-refractivity contribution in [2.45, 2.75) is 13.0 Å². The molecule has 6 nitrogen and oxygen atoms in total. The van der Waals surface area contributed by atoms with Crippen molar-refractivity contribution in [3.63, 3.8) is 0 Å². The number of piperazine rings is 1. The highest BCUT2D eigenvalue weighted by Crippen LogP contribution is 2.27. The summed E-state index contributed by atoms with van der Waals surface area (Å²) in [5.41, 5.74) is 2.31. The predicted molar refractivity (Wildman–Crippen MR) is 98.3 cm³/mol. The molecule has 1 aliphatic heterocycles. The van der Waals surface area contributed by atoms with E-state index in [1.54, 1.807) is 19.2 Å². The molecule has 0 aliphatic carbocycles. The van der Waals surface area contributed by atoms with E-state index in [-0.39, 0.29) is 16.7 Å². The van der Waals surface area contributed by atoms with Crippen molar-refractivity contribution in [3.8, 4) is 5.75 Å². The van der Waals surface area contributed by atoms with Gasteiger partial charge in [0.2, 0.25) is 0 Å². The molecule has 1 atom stereocenters. The summed E-state index contributed by atoms with van der Waals surface area (Å²) < 4.78 is 5.30. The van der Waals surface area contributed by atoms with Gasteiger partial charge in [0, 0.05) is 56.1 Å². The molecule has 1 heterocycles. The van der Waals surface area contributed by atoms with Crippen LogP contribution in [0.5, 0.6) is 5.75 Å². The standard InChI is InChI=1S/C19H23N3O3/c1-15(16-5-3-7-18(13-16)22(23)24)20-9-11-21(12-10-20)17-6-4-8-19(14-17)25-2/h3-8,13-15H,9-12H2,1-2H3/t15-/m0/s1. The van der Waals surface area contributed by atoms with Crippen molar-refractivity contribution in [1.29, 1.82) is 0 Å². The van der Waals surface area contributed by atoms with Gasteiger partial charge in [-0.15, -0.1) is 0 Å². The minimum Gasteiger partial charge on any atom is -0.497 e. The zero-order valence-electron chi connectivity index (χ0n) is 14.6. The highest BCUT2D eigenvalue weighted by atomic mass is 16.6. The van der Waals surface area contributed by atoms with Crippen LogP contribution in [0.25, 0.3) is 0 Å². The maximum atomic E-state index is 11.0. The molecule has 3 rings (SSSR count). The Hall–Kier alpha value is -2.60. The minimum atomic E-state index is -0.336. The average Bonchev–Trinajstić information content (AvgIpc) is 2.67. The number of hydrogen-bond donors (Lipinski definition) is 0. The monoisotopic (exact) mass is 341 g/mol. The second-order valence-electron chi connectivity index (χ2n) is 6.25. The maximum Gasteiger partial charge on any atom is 0.269 e. The Morgan fingerprint density at radius 2 is 1.80 bits per heavy atom. The van der Waals surface area contributed by atoms with Crippen molar-refractivity contribution in [3.05, 3.63) is 64.2 Å². The lowest BCUT2D eigenvalue weighted by Gasteiger charge is -2.39. The van der Waals surface area contributed by atoms with E-state index in [4.69, 9.17) is 4.74 Å². The van der Waals surface area contributed by atoms with Crippen LogP contribution >= 0.6 is 0 Å². The Morgan fingerprint density at radius 1 is 1.08 bits per heavy atom. The molecule has 0 bridgehead atoms. The van der Waals surface area contributed by atoms with E-state index in [2.05, 4.69) is 28.9 Å². The van der Waals surface area contributed by atoms with Crippen LogP contribution < -0.4 is 9.64 Å². The van der Waals surface area contributed by atoms with Gasteiger partial charge in [-0.05, 0) is 24.6 Å². The van der Waals surface area contributed by atoms with Crippen molar-refractivity contribution in [2.75, 3.05) is 38.2 Å². The van der Waals surface area contributed by atoms with Gasteiger partial charge in [-0.3, -0.25) is 15.0 Å². The molecule has 6 heteroatoms. The van der Waals surface area contributed by atoms with Crippen molar-refractivity contribution in [2.24, 2.45) is 0 Å². The first-order valence-corrected chi connectivity index (χ1v) is 8.46. The second kappa shape index (κ2) is 7.53. The van der Waals surface area contributed by atoms with Crippen LogP contribution in [0, 0.1) is 10.1 Å². The Labute approximate surface area is 147 Å². The van der Waals surface area contributed by atoms with Crippen LogP contribution in [-0.2, 0) is 0 Å². The molecule has 1 saturated heterocycles. The Morgan fingerprint density at radius 3 is 2.48 bits per heavy atom. The van der Waals surface area contributed by atoms with E-state index in [9.17, 15) is 10.1 Å². The number of nitro groups is 1. The van der Waals surface area contributed by atoms with Crippen LogP contribution in [0.4, 0.5) is 11.4 Å². The van der Waals surface area contributed by atoms with E-state index >= 15 is 0 Å². The molecular formula is C19H23N3O3. The number of ether oxygens (including phenoxy) is 1. The molecule has 25 heavy (non-hydrogen) atoms. The predicted octanol–water partition coefficient (Wildman–Crippen LogP) is 3.49. The number of nitro benzene ring substituents is 1. The maximum absolute atomic E-state index is 11.0. The summed E-state index contributed by atoms with van der Waals surface area (Å²) in [5.74, 6) is 0.866. The van der Waals surface area contributed by atoms with Crippen LogP contribution in [0.15, 0.2) is 48.5 Å². The molecule has 0 aromatic heterocycles. The van der Waals surface area contributed by atoms with Gasteiger partial charge >= 0.3 is 0 Å². The lowest BCUT2D eigenvalue weighted by Crippen LogP contribution is -2.47. The molecule has 0 radical (unpaired) electrons. The van der Waals surface area contributed by atoms with Gasteiger partial charge in [-0.25, -0.2) is 0 Å². The van der Waals surface area contributed by atoms with Crippen LogP contribution in [0.1, 0.15) is 18.5 Å². The fourth-order valence-electron chi connectivity index (χ4n) is 3.28. The van der Waals surface area contributed by atoms with E-state index in [1.807, 2.05) is 18.2 Å². The Kier molecular flexibility index (Phi) is 5.19. The molecule has 2 aromatic rings. The van der Waals surface area contributed by atoms with Gasteiger partial charge < -0.3 is 9.64 Å². The highest BCUT2D eigenvalue weighted by Gasteiger charge is 2.23. The molecule has 1 fully saturated rings. The summed E-state index contributed by atoms with van der Waals surface area (Å²) in [6, 6.07) is 15.2. The quantitative estimate of drug-likeness (QED) is 0.615. The van der Waals surface area contributed by atoms with Gasteiger partial charge in [0.25, 0.3) is 5.69 Å². The average molecular weight is 341 g/mol. The van der Waals surface area contributed by atoms with Gasteiger partial charge in [-0.1, -0.05) is 18.2 Å². The number of methoxy groups -OCH3 is 1. The van der Waals surface area contributed by atoms with E-state index < -0.39 is 0 Å². The van der Waals surface area contributed by atoms with Crippen molar-refractivity contribution >= 4 is 11.4 Å². The smallest absolute Gasteiger partial charge is 0.269 e. The number of nitrogens with zero attached hydrogens (tertiary/aromatic N) is 3. The number of hydrogen-bond acceptors (Lipinski definition) is 5.